The molecule has 0 radical (unpaired) electrons. The van der Waals surface area contributed by atoms with E-state index in [-0.39, 0.29) is 5.82 Å². The van der Waals surface area contributed by atoms with Gasteiger partial charge in [-0.15, -0.1) is 0 Å². The molecule has 0 unspecified atom stereocenters. The van der Waals surface area contributed by atoms with Crippen molar-refractivity contribution in [2.24, 2.45) is 5.73 Å². The Bertz CT molecular complexity index is 480. The molecular formula is C15H16FN. The van der Waals surface area contributed by atoms with Gasteiger partial charge < -0.3 is 5.73 Å². The summed E-state index contributed by atoms with van der Waals surface area (Å²) in [5, 5.41) is 0. The summed E-state index contributed by atoms with van der Waals surface area (Å²) in [6, 6.07) is 15.1. The number of halogens is 1. The van der Waals surface area contributed by atoms with Gasteiger partial charge >= 0.3 is 0 Å². The molecule has 17 heavy (non-hydrogen) atoms. The highest BCUT2D eigenvalue weighted by molar-refractivity contribution is 5.67. The molecule has 0 atom stereocenters. The van der Waals surface area contributed by atoms with Crippen LogP contribution in [0.15, 0.2) is 48.5 Å². The fraction of sp³-hybridized carbons (Fsp3) is 0.200. The maximum Gasteiger partial charge on any atom is 0.127 e. The lowest BCUT2D eigenvalue weighted by molar-refractivity contribution is 0.606. The van der Waals surface area contributed by atoms with Gasteiger partial charge in [-0.25, -0.2) is 4.39 Å². The van der Waals surface area contributed by atoms with Crippen molar-refractivity contribution in [1.29, 1.82) is 0 Å². The Kier molecular flexibility index (Phi) is 3.89. The average Bonchev–Trinajstić information content (AvgIpc) is 2.38. The fourth-order valence-electron chi connectivity index (χ4n) is 1.98. The quantitative estimate of drug-likeness (QED) is 0.854. The minimum Gasteiger partial charge on any atom is -0.330 e. The molecule has 0 spiro atoms. The molecule has 2 N–H and O–H groups in total. The molecule has 0 aliphatic carbocycles. The summed E-state index contributed by atoms with van der Waals surface area (Å²) in [5.74, 6) is -0.139. The van der Waals surface area contributed by atoms with E-state index in [0.29, 0.717) is 13.0 Å². The molecule has 0 aromatic heterocycles. The van der Waals surface area contributed by atoms with E-state index in [9.17, 15) is 4.39 Å². The standard InChI is InChI=1S/C15H16FN/c16-15-10-4-8-13(14(15)9-5-11-17)12-6-2-1-3-7-12/h1-4,6-8,10H,5,9,11,17H2. The predicted octanol–water partition coefficient (Wildman–Crippen LogP) is 3.38. The highest BCUT2D eigenvalue weighted by Gasteiger charge is 2.09. The van der Waals surface area contributed by atoms with Crippen LogP contribution in [0.1, 0.15) is 12.0 Å². The van der Waals surface area contributed by atoms with Crippen molar-refractivity contribution in [2.45, 2.75) is 12.8 Å². The van der Waals surface area contributed by atoms with E-state index < -0.39 is 0 Å². The van der Waals surface area contributed by atoms with Crippen molar-refractivity contribution in [1.82, 2.24) is 0 Å². The molecular weight excluding hydrogens is 213 g/mol. The van der Waals surface area contributed by atoms with Gasteiger partial charge in [0, 0.05) is 0 Å². The average molecular weight is 229 g/mol. The van der Waals surface area contributed by atoms with Crippen LogP contribution < -0.4 is 5.73 Å². The number of rotatable bonds is 4. The van der Waals surface area contributed by atoms with Crippen LogP contribution in [0.4, 0.5) is 4.39 Å². The lowest BCUT2D eigenvalue weighted by Crippen LogP contribution is -2.03. The third-order valence-corrected chi connectivity index (χ3v) is 2.83. The summed E-state index contributed by atoms with van der Waals surface area (Å²) in [6.07, 6.45) is 1.49. The summed E-state index contributed by atoms with van der Waals surface area (Å²) in [6.45, 7) is 0.586. The Labute approximate surface area is 101 Å². The molecule has 2 aromatic rings. The van der Waals surface area contributed by atoms with Gasteiger partial charge in [0.1, 0.15) is 5.82 Å². The van der Waals surface area contributed by atoms with Crippen LogP contribution in [0.2, 0.25) is 0 Å². The Balaban J connectivity index is 2.43. The second-order valence-corrected chi connectivity index (χ2v) is 4.02. The van der Waals surface area contributed by atoms with Crippen molar-refractivity contribution in [2.75, 3.05) is 6.54 Å². The second-order valence-electron chi connectivity index (χ2n) is 4.02. The number of benzene rings is 2. The molecule has 2 aromatic carbocycles. The smallest absolute Gasteiger partial charge is 0.127 e. The van der Waals surface area contributed by atoms with Crippen molar-refractivity contribution in [3.8, 4) is 11.1 Å². The predicted molar refractivity (Wildman–Crippen MR) is 69.2 cm³/mol. The van der Waals surface area contributed by atoms with Crippen LogP contribution in [0, 0.1) is 5.82 Å². The normalized spacial score (nSPS) is 10.5. The fourth-order valence-corrected chi connectivity index (χ4v) is 1.98. The zero-order valence-corrected chi connectivity index (χ0v) is 9.70. The third kappa shape index (κ3) is 2.71. The zero-order chi connectivity index (χ0) is 12.1. The van der Waals surface area contributed by atoms with E-state index in [1.807, 2.05) is 36.4 Å². The molecule has 88 valence electrons. The minimum absolute atomic E-state index is 0.139. The monoisotopic (exact) mass is 229 g/mol. The van der Waals surface area contributed by atoms with E-state index in [2.05, 4.69) is 0 Å². The van der Waals surface area contributed by atoms with Crippen LogP contribution >= 0.6 is 0 Å². The van der Waals surface area contributed by atoms with Crippen LogP contribution in [0.25, 0.3) is 11.1 Å². The first-order chi connectivity index (χ1) is 8.33. The molecule has 0 saturated heterocycles. The molecule has 0 aliphatic rings. The van der Waals surface area contributed by atoms with E-state index in [4.69, 9.17) is 5.73 Å². The first-order valence-electron chi connectivity index (χ1n) is 5.86. The van der Waals surface area contributed by atoms with Crippen molar-refractivity contribution >= 4 is 0 Å². The van der Waals surface area contributed by atoms with Gasteiger partial charge in [-0.3, -0.25) is 0 Å². The number of nitrogens with two attached hydrogens (primary N) is 1. The largest absolute Gasteiger partial charge is 0.330 e. The van der Waals surface area contributed by atoms with Gasteiger partial charge in [-0.1, -0.05) is 42.5 Å². The topological polar surface area (TPSA) is 26.0 Å². The Morgan fingerprint density at radius 1 is 0.941 bits per heavy atom. The summed E-state index contributed by atoms with van der Waals surface area (Å²) < 4.78 is 13.8. The SMILES string of the molecule is NCCCc1c(F)cccc1-c1ccccc1. The summed E-state index contributed by atoms with van der Waals surface area (Å²) in [7, 11) is 0. The molecule has 0 saturated carbocycles. The van der Waals surface area contributed by atoms with Crippen LogP contribution in [-0.2, 0) is 6.42 Å². The zero-order valence-electron chi connectivity index (χ0n) is 9.70. The summed E-state index contributed by atoms with van der Waals surface area (Å²) >= 11 is 0. The summed E-state index contributed by atoms with van der Waals surface area (Å²) in [5.41, 5.74) is 8.29. The van der Waals surface area contributed by atoms with E-state index >= 15 is 0 Å². The highest BCUT2D eigenvalue weighted by atomic mass is 19.1. The number of hydrogen-bond donors (Lipinski definition) is 1. The van der Waals surface area contributed by atoms with Gasteiger partial charge in [-0.05, 0) is 42.1 Å². The van der Waals surface area contributed by atoms with Crippen LogP contribution in [0.3, 0.4) is 0 Å². The lowest BCUT2D eigenvalue weighted by atomic mass is 9.96. The molecule has 0 fully saturated rings. The number of hydrogen-bond acceptors (Lipinski definition) is 1. The van der Waals surface area contributed by atoms with E-state index in [0.717, 1.165) is 23.1 Å². The maximum absolute atomic E-state index is 13.8. The highest BCUT2D eigenvalue weighted by Crippen LogP contribution is 2.26. The van der Waals surface area contributed by atoms with Crippen molar-refractivity contribution in [3.63, 3.8) is 0 Å². The Hall–Kier alpha value is -1.67. The van der Waals surface area contributed by atoms with Gasteiger partial charge in [-0.2, -0.15) is 0 Å². The maximum atomic E-state index is 13.8. The van der Waals surface area contributed by atoms with Gasteiger partial charge in [0.15, 0.2) is 0 Å². The minimum atomic E-state index is -0.139. The third-order valence-electron chi connectivity index (χ3n) is 2.83. The molecule has 0 bridgehead atoms. The molecule has 0 aliphatic heterocycles. The molecule has 0 heterocycles. The molecule has 0 amide bonds. The van der Waals surface area contributed by atoms with Crippen LogP contribution in [0.5, 0.6) is 0 Å². The lowest BCUT2D eigenvalue weighted by Gasteiger charge is -2.10. The van der Waals surface area contributed by atoms with E-state index in [1.54, 1.807) is 6.07 Å². The Morgan fingerprint density at radius 3 is 2.41 bits per heavy atom. The second kappa shape index (κ2) is 5.60. The first kappa shape index (κ1) is 11.8. The summed E-state index contributed by atoms with van der Waals surface area (Å²) in [4.78, 5) is 0. The van der Waals surface area contributed by atoms with E-state index in [1.165, 1.54) is 6.07 Å². The van der Waals surface area contributed by atoms with Crippen molar-refractivity contribution < 1.29 is 4.39 Å². The van der Waals surface area contributed by atoms with Crippen LogP contribution in [-0.4, -0.2) is 6.54 Å². The molecule has 2 heteroatoms. The first-order valence-corrected chi connectivity index (χ1v) is 5.86. The van der Waals surface area contributed by atoms with Crippen molar-refractivity contribution in [3.05, 3.63) is 59.9 Å². The molecule has 2 rings (SSSR count). The molecule has 1 nitrogen and oxygen atoms in total. The van der Waals surface area contributed by atoms with Gasteiger partial charge in [0.05, 0.1) is 0 Å². The van der Waals surface area contributed by atoms with Gasteiger partial charge in [0.2, 0.25) is 0 Å². The Morgan fingerprint density at radius 2 is 1.71 bits per heavy atom. The van der Waals surface area contributed by atoms with Gasteiger partial charge in [0.25, 0.3) is 0 Å².